The number of hydrogen-bond donors (Lipinski definition) is 0. The van der Waals surface area contributed by atoms with E-state index >= 15 is 0 Å². The van der Waals surface area contributed by atoms with Crippen molar-refractivity contribution >= 4 is 28.3 Å². The lowest BCUT2D eigenvalue weighted by Gasteiger charge is -2.24. The monoisotopic (exact) mass is 415 g/mol. The van der Waals surface area contributed by atoms with Crippen molar-refractivity contribution in [2.24, 2.45) is 0 Å². The Morgan fingerprint density at radius 3 is 2.30 bits per heavy atom. The first-order chi connectivity index (χ1) is 11.3. The van der Waals surface area contributed by atoms with Gasteiger partial charge in [0.05, 0.1) is 23.9 Å². The van der Waals surface area contributed by atoms with Gasteiger partial charge in [-0.15, -0.1) is 5.10 Å². The fourth-order valence-corrected chi connectivity index (χ4v) is 2.73. The highest BCUT2D eigenvalue weighted by Crippen LogP contribution is 2.19. The van der Waals surface area contributed by atoms with Crippen molar-refractivity contribution < 1.29 is 0 Å². The number of anilines is 1. The minimum atomic E-state index is 0.638. The van der Waals surface area contributed by atoms with Crippen molar-refractivity contribution in [3.8, 4) is 6.07 Å². The first-order valence-electron chi connectivity index (χ1n) is 7.06. The number of benzene rings is 2. The van der Waals surface area contributed by atoms with E-state index in [4.69, 9.17) is 5.26 Å². The standard InChI is InChI=1S/C17H14IN5/c18-9-14-1-3-16(4-2-14)11-22(23-13-20-12-21-23)17-7-5-15(10-19)6-8-17/h1-8,12-13H,9,11H2. The van der Waals surface area contributed by atoms with Crippen LogP contribution in [-0.4, -0.2) is 14.9 Å². The fourth-order valence-electron chi connectivity index (χ4n) is 2.22. The van der Waals surface area contributed by atoms with Crippen molar-refractivity contribution in [1.29, 1.82) is 5.26 Å². The molecule has 0 spiro atoms. The Morgan fingerprint density at radius 2 is 1.74 bits per heavy atom. The van der Waals surface area contributed by atoms with Gasteiger partial charge in [0.25, 0.3) is 0 Å². The smallest absolute Gasteiger partial charge is 0.139 e. The molecule has 1 aromatic heterocycles. The number of nitriles is 1. The molecule has 6 heteroatoms. The van der Waals surface area contributed by atoms with Crippen LogP contribution in [0.25, 0.3) is 0 Å². The summed E-state index contributed by atoms with van der Waals surface area (Å²) in [6, 6.07) is 18.1. The Labute approximate surface area is 148 Å². The first-order valence-corrected chi connectivity index (χ1v) is 8.59. The van der Waals surface area contributed by atoms with Gasteiger partial charge in [-0.1, -0.05) is 46.9 Å². The van der Waals surface area contributed by atoms with E-state index in [1.54, 1.807) is 23.3 Å². The van der Waals surface area contributed by atoms with Gasteiger partial charge in [0, 0.05) is 4.43 Å². The van der Waals surface area contributed by atoms with Gasteiger partial charge in [-0.25, -0.2) is 4.98 Å². The van der Waals surface area contributed by atoms with Crippen LogP contribution in [0.2, 0.25) is 0 Å². The molecular weight excluding hydrogens is 401 g/mol. The number of hydrogen-bond acceptors (Lipinski definition) is 4. The predicted octanol–water partition coefficient (Wildman–Crippen LogP) is 3.55. The van der Waals surface area contributed by atoms with Gasteiger partial charge in [0.2, 0.25) is 0 Å². The van der Waals surface area contributed by atoms with Crippen LogP contribution in [0.4, 0.5) is 5.69 Å². The number of nitrogens with zero attached hydrogens (tertiary/aromatic N) is 5. The van der Waals surface area contributed by atoms with Crippen LogP contribution in [0.15, 0.2) is 61.2 Å². The average molecular weight is 415 g/mol. The van der Waals surface area contributed by atoms with Crippen LogP contribution in [0, 0.1) is 11.3 Å². The molecule has 5 nitrogen and oxygen atoms in total. The van der Waals surface area contributed by atoms with Crippen molar-refractivity contribution in [2.75, 3.05) is 5.01 Å². The Hall–Kier alpha value is -2.40. The minimum Gasteiger partial charge on any atom is -0.260 e. The van der Waals surface area contributed by atoms with Crippen LogP contribution in [0.3, 0.4) is 0 Å². The summed E-state index contributed by atoms with van der Waals surface area (Å²) >= 11 is 2.36. The van der Waals surface area contributed by atoms with Crippen molar-refractivity contribution in [2.45, 2.75) is 11.0 Å². The Morgan fingerprint density at radius 1 is 1.04 bits per heavy atom. The molecule has 0 bridgehead atoms. The lowest BCUT2D eigenvalue weighted by atomic mass is 10.1. The van der Waals surface area contributed by atoms with Crippen LogP contribution in [0.5, 0.6) is 0 Å². The molecule has 0 unspecified atom stereocenters. The highest BCUT2D eigenvalue weighted by atomic mass is 127. The van der Waals surface area contributed by atoms with Gasteiger partial charge in [-0.3, -0.25) is 5.01 Å². The van der Waals surface area contributed by atoms with E-state index in [0.717, 1.165) is 10.1 Å². The summed E-state index contributed by atoms with van der Waals surface area (Å²) in [6.07, 6.45) is 3.17. The van der Waals surface area contributed by atoms with Gasteiger partial charge in [0.15, 0.2) is 0 Å². The summed E-state index contributed by atoms with van der Waals surface area (Å²) in [4.78, 5) is 5.73. The van der Waals surface area contributed by atoms with E-state index in [-0.39, 0.29) is 0 Å². The Bertz CT molecular complexity index is 789. The molecule has 0 aliphatic heterocycles. The van der Waals surface area contributed by atoms with Gasteiger partial charge in [-0.2, -0.15) is 10.1 Å². The molecule has 0 aliphatic carbocycles. The molecule has 2 aromatic carbocycles. The average Bonchev–Trinajstić information content (AvgIpc) is 3.15. The van der Waals surface area contributed by atoms with Gasteiger partial charge in [0.1, 0.15) is 12.7 Å². The molecule has 0 atom stereocenters. The second kappa shape index (κ2) is 7.24. The summed E-state index contributed by atoms with van der Waals surface area (Å²) in [7, 11) is 0. The predicted molar refractivity (Wildman–Crippen MR) is 96.9 cm³/mol. The maximum absolute atomic E-state index is 8.94. The third-order valence-electron chi connectivity index (χ3n) is 3.46. The molecule has 0 saturated carbocycles. The number of alkyl halides is 1. The topological polar surface area (TPSA) is 57.7 Å². The molecule has 0 radical (unpaired) electrons. The summed E-state index contributed by atoms with van der Waals surface area (Å²) in [5.74, 6) is 0. The van der Waals surface area contributed by atoms with Gasteiger partial charge in [-0.05, 0) is 35.4 Å². The molecule has 23 heavy (non-hydrogen) atoms. The summed E-state index contributed by atoms with van der Waals surface area (Å²) in [5.41, 5.74) is 4.07. The van der Waals surface area contributed by atoms with E-state index < -0.39 is 0 Å². The first kappa shape index (κ1) is 15.5. The normalized spacial score (nSPS) is 10.3. The number of aromatic nitrogens is 3. The lowest BCUT2D eigenvalue weighted by molar-refractivity contribution is 0.610. The third kappa shape index (κ3) is 3.68. The Kier molecular flexibility index (Phi) is 4.88. The number of rotatable bonds is 5. The summed E-state index contributed by atoms with van der Waals surface area (Å²) < 4.78 is 1.00. The second-order valence-electron chi connectivity index (χ2n) is 4.98. The maximum atomic E-state index is 8.94. The Balaban J connectivity index is 1.90. The highest BCUT2D eigenvalue weighted by molar-refractivity contribution is 14.1. The van der Waals surface area contributed by atoms with E-state index in [0.29, 0.717) is 12.1 Å². The molecule has 0 aliphatic rings. The molecule has 1 heterocycles. The SMILES string of the molecule is N#Cc1ccc(N(Cc2ccc(CI)cc2)n2cncn2)cc1. The van der Waals surface area contributed by atoms with E-state index in [2.05, 4.69) is 63.0 Å². The summed E-state index contributed by atoms with van der Waals surface area (Å²) in [5, 5.41) is 15.2. The molecule has 3 rings (SSSR count). The summed E-state index contributed by atoms with van der Waals surface area (Å²) in [6.45, 7) is 0.663. The van der Waals surface area contributed by atoms with E-state index in [1.807, 2.05) is 17.1 Å². The lowest BCUT2D eigenvalue weighted by Crippen LogP contribution is -2.29. The van der Waals surface area contributed by atoms with Crippen LogP contribution >= 0.6 is 22.6 Å². The van der Waals surface area contributed by atoms with E-state index in [9.17, 15) is 0 Å². The molecule has 0 saturated heterocycles. The third-order valence-corrected chi connectivity index (χ3v) is 4.34. The molecule has 0 amide bonds. The molecular formula is C17H14IN5. The molecule has 114 valence electrons. The second-order valence-corrected chi connectivity index (χ2v) is 5.75. The zero-order valence-electron chi connectivity index (χ0n) is 12.3. The number of halogens is 1. The molecule has 0 N–H and O–H groups in total. The zero-order chi connectivity index (χ0) is 16.1. The van der Waals surface area contributed by atoms with Crippen LogP contribution in [-0.2, 0) is 11.0 Å². The van der Waals surface area contributed by atoms with Crippen molar-refractivity contribution in [3.63, 3.8) is 0 Å². The van der Waals surface area contributed by atoms with Crippen molar-refractivity contribution in [3.05, 3.63) is 77.9 Å². The zero-order valence-corrected chi connectivity index (χ0v) is 14.5. The largest absolute Gasteiger partial charge is 0.260 e. The molecule has 0 fully saturated rings. The van der Waals surface area contributed by atoms with E-state index in [1.165, 1.54) is 17.5 Å². The van der Waals surface area contributed by atoms with Gasteiger partial charge < -0.3 is 0 Å². The van der Waals surface area contributed by atoms with Crippen molar-refractivity contribution in [1.82, 2.24) is 14.9 Å². The maximum Gasteiger partial charge on any atom is 0.139 e. The highest BCUT2D eigenvalue weighted by Gasteiger charge is 2.10. The van der Waals surface area contributed by atoms with Gasteiger partial charge >= 0.3 is 0 Å². The quantitative estimate of drug-likeness (QED) is 0.473. The van der Waals surface area contributed by atoms with Crippen LogP contribution in [0.1, 0.15) is 16.7 Å². The van der Waals surface area contributed by atoms with Crippen LogP contribution < -0.4 is 5.01 Å². The fraction of sp³-hybridized carbons (Fsp3) is 0.118. The molecule has 3 aromatic rings. The minimum absolute atomic E-state index is 0.638.